The Balaban J connectivity index is 2.19. The maximum Gasteiger partial charge on any atom is 0.181 e. The van der Waals surface area contributed by atoms with Gasteiger partial charge in [0, 0.05) is 18.5 Å². The second-order valence-corrected chi connectivity index (χ2v) is 5.51. The van der Waals surface area contributed by atoms with E-state index < -0.39 is 0 Å². The summed E-state index contributed by atoms with van der Waals surface area (Å²) in [5, 5.41) is 0.874. The molecular formula is C13H10ClN5S. The summed E-state index contributed by atoms with van der Waals surface area (Å²) in [6.07, 6.45) is 3.46. The van der Waals surface area contributed by atoms with E-state index in [1.54, 1.807) is 25.4 Å². The zero-order valence-corrected chi connectivity index (χ0v) is 12.1. The topological polar surface area (TPSA) is 77.6 Å². The molecule has 0 unspecified atom stereocenters. The molecule has 100 valence electrons. The van der Waals surface area contributed by atoms with Crippen LogP contribution >= 0.6 is 22.9 Å². The Kier molecular flexibility index (Phi) is 3.33. The van der Waals surface area contributed by atoms with Crippen LogP contribution in [0.15, 0.2) is 30.6 Å². The number of aryl methyl sites for hydroxylation is 1. The van der Waals surface area contributed by atoms with Crippen molar-refractivity contribution in [3.05, 3.63) is 41.6 Å². The molecule has 2 N–H and O–H groups in total. The van der Waals surface area contributed by atoms with Crippen molar-refractivity contribution in [2.45, 2.75) is 6.92 Å². The smallest absolute Gasteiger partial charge is 0.181 e. The highest BCUT2D eigenvalue weighted by Crippen LogP contribution is 2.37. The molecule has 0 amide bonds. The van der Waals surface area contributed by atoms with E-state index in [-0.39, 0.29) is 0 Å². The van der Waals surface area contributed by atoms with Crippen LogP contribution in [-0.4, -0.2) is 19.9 Å². The van der Waals surface area contributed by atoms with E-state index in [0.29, 0.717) is 27.5 Å². The van der Waals surface area contributed by atoms with Crippen LogP contribution in [0.4, 0.5) is 5.13 Å². The maximum atomic E-state index is 5.99. The maximum absolute atomic E-state index is 5.99. The summed E-state index contributed by atoms with van der Waals surface area (Å²) in [6.45, 7) is 1.79. The van der Waals surface area contributed by atoms with Crippen molar-refractivity contribution in [2.75, 3.05) is 5.73 Å². The highest BCUT2D eigenvalue weighted by molar-refractivity contribution is 7.19. The Hall–Kier alpha value is -2.05. The van der Waals surface area contributed by atoms with E-state index in [0.717, 1.165) is 10.4 Å². The number of hydrogen-bond acceptors (Lipinski definition) is 6. The van der Waals surface area contributed by atoms with E-state index in [1.807, 2.05) is 12.1 Å². The lowest BCUT2D eigenvalue weighted by atomic mass is 10.1. The molecule has 0 aromatic carbocycles. The Morgan fingerprint density at radius 2 is 1.90 bits per heavy atom. The van der Waals surface area contributed by atoms with Gasteiger partial charge in [-0.05, 0) is 24.6 Å². The van der Waals surface area contributed by atoms with Crippen LogP contribution in [-0.2, 0) is 0 Å². The molecule has 0 aliphatic carbocycles. The van der Waals surface area contributed by atoms with Crippen LogP contribution < -0.4 is 5.73 Å². The highest BCUT2D eigenvalue weighted by atomic mass is 35.5. The number of halogens is 1. The highest BCUT2D eigenvalue weighted by Gasteiger charge is 2.15. The molecule has 3 heterocycles. The van der Waals surface area contributed by atoms with E-state index in [2.05, 4.69) is 19.9 Å². The zero-order chi connectivity index (χ0) is 14.1. The fourth-order valence-electron chi connectivity index (χ4n) is 1.86. The van der Waals surface area contributed by atoms with Crippen LogP contribution in [0.1, 0.15) is 5.82 Å². The summed E-state index contributed by atoms with van der Waals surface area (Å²) in [6, 6.07) is 5.51. The van der Waals surface area contributed by atoms with Gasteiger partial charge in [-0.25, -0.2) is 15.0 Å². The number of nitrogen functional groups attached to an aromatic ring is 1. The third-order valence-electron chi connectivity index (χ3n) is 2.64. The molecule has 5 nitrogen and oxygen atoms in total. The molecule has 0 bridgehead atoms. The monoisotopic (exact) mass is 303 g/mol. The standard InChI is InChI=1S/C13H10ClN5S/c1-7-17-9(6-10(14)18-7)11-12(20-13(15)19-11)8-2-4-16-5-3-8/h2-6H,1H3,(H2,15,19). The minimum absolute atomic E-state index is 0.389. The molecule has 7 heteroatoms. The summed E-state index contributed by atoms with van der Waals surface area (Å²) in [7, 11) is 0. The number of anilines is 1. The quantitative estimate of drug-likeness (QED) is 0.736. The molecule has 3 rings (SSSR count). The average molecular weight is 304 g/mol. The van der Waals surface area contributed by atoms with Crippen molar-refractivity contribution in [2.24, 2.45) is 0 Å². The minimum Gasteiger partial charge on any atom is -0.375 e. The van der Waals surface area contributed by atoms with Gasteiger partial charge >= 0.3 is 0 Å². The first-order valence-electron chi connectivity index (χ1n) is 5.82. The number of hydrogen-bond donors (Lipinski definition) is 1. The molecular weight excluding hydrogens is 294 g/mol. The zero-order valence-electron chi connectivity index (χ0n) is 10.5. The van der Waals surface area contributed by atoms with Gasteiger partial charge in [0.05, 0.1) is 10.6 Å². The molecule has 0 saturated carbocycles. The average Bonchev–Trinajstić information content (AvgIpc) is 2.81. The number of pyridine rings is 1. The van der Waals surface area contributed by atoms with Gasteiger partial charge in [0.25, 0.3) is 0 Å². The number of thiazole rings is 1. The second kappa shape index (κ2) is 5.15. The molecule has 0 spiro atoms. The van der Waals surface area contributed by atoms with Gasteiger partial charge in [-0.15, -0.1) is 0 Å². The molecule has 0 aliphatic rings. The Bertz CT molecular complexity index is 736. The first kappa shape index (κ1) is 13.0. The van der Waals surface area contributed by atoms with Crippen molar-refractivity contribution in [1.29, 1.82) is 0 Å². The summed E-state index contributed by atoms with van der Waals surface area (Å²) in [4.78, 5) is 17.8. The summed E-state index contributed by atoms with van der Waals surface area (Å²) in [5.74, 6) is 0.597. The van der Waals surface area contributed by atoms with Crippen LogP contribution in [0.3, 0.4) is 0 Å². The third kappa shape index (κ3) is 2.48. The molecule has 0 saturated heterocycles. The molecule has 3 aromatic heterocycles. The fraction of sp³-hybridized carbons (Fsp3) is 0.0769. The third-order valence-corrected chi connectivity index (χ3v) is 3.76. The molecule has 0 radical (unpaired) electrons. The molecule has 3 aromatic rings. The van der Waals surface area contributed by atoms with Gasteiger partial charge in [0.15, 0.2) is 5.13 Å². The molecule has 0 atom stereocenters. The molecule has 0 fully saturated rings. The van der Waals surface area contributed by atoms with Crippen molar-refractivity contribution in [3.8, 4) is 21.8 Å². The van der Waals surface area contributed by atoms with Crippen LogP contribution in [0, 0.1) is 6.92 Å². The van der Waals surface area contributed by atoms with Crippen LogP contribution in [0.5, 0.6) is 0 Å². The summed E-state index contributed by atoms with van der Waals surface area (Å²) < 4.78 is 0. The predicted octanol–water partition coefficient (Wildman–Crippen LogP) is 3.21. The van der Waals surface area contributed by atoms with Crippen LogP contribution in [0.2, 0.25) is 5.15 Å². The van der Waals surface area contributed by atoms with E-state index in [4.69, 9.17) is 17.3 Å². The largest absolute Gasteiger partial charge is 0.375 e. The van der Waals surface area contributed by atoms with Crippen molar-refractivity contribution in [3.63, 3.8) is 0 Å². The number of nitrogens with two attached hydrogens (primary N) is 1. The van der Waals surface area contributed by atoms with E-state index >= 15 is 0 Å². The van der Waals surface area contributed by atoms with Crippen molar-refractivity contribution in [1.82, 2.24) is 19.9 Å². The first-order valence-corrected chi connectivity index (χ1v) is 7.01. The number of rotatable bonds is 2. The lowest BCUT2D eigenvalue weighted by Gasteiger charge is -2.03. The van der Waals surface area contributed by atoms with Gasteiger partial charge < -0.3 is 5.73 Å². The fourth-order valence-corrected chi connectivity index (χ4v) is 2.93. The second-order valence-electron chi connectivity index (χ2n) is 4.09. The number of nitrogens with zero attached hydrogens (tertiary/aromatic N) is 4. The Labute approximate surface area is 124 Å². The molecule has 20 heavy (non-hydrogen) atoms. The van der Waals surface area contributed by atoms with E-state index in [1.165, 1.54) is 11.3 Å². The molecule has 0 aliphatic heterocycles. The predicted molar refractivity (Wildman–Crippen MR) is 80.5 cm³/mol. The summed E-state index contributed by atoms with van der Waals surface area (Å²) >= 11 is 7.40. The van der Waals surface area contributed by atoms with Crippen molar-refractivity contribution >= 4 is 28.1 Å². The van der Waals surface area contributed by atoms with Crippen molar-refractivity contribution < 1.29 is 0 Å². The lowest BCUT2D eigenvalue weighted by molar-refractivity contribution is 1.05. The van der Waals surface area contributed by atoms with E-state index in [9.17, 15) is 0 Å². The van der Waals surface area contributed by atoms with Gasteiger partial charge in [-0.3, -0.25) is 4.98 Å². The van der Waals surface area contributed by atoms with Crippen LogP contribution in [0.25, 0.3) is 21.8 Å². The van der Waals surface area contributed by atoms with Gasteiger partial charge in [0.1, 0.15) is 16.7 Å². The minimum atomic E-state index is 0.389. The lowest BCUT2D eigenvalue weighted by Crippen LogP contribution is -1.93. The van der Waals surface area contributed by atoms with Gasteiger partial charge in [-0.1, -0.05) is 22.9 Å². The normalized spacial score (nSPS) is 10.7. The summed E-state index contributed by atoms with van der Waals surface area (Å²) in [5.41, 5.74) is 8.23. The van der Waals surface area contributed by atoms with Gasteiger partial charge in [0.2, 0.25) is 0 Å². The Morgan fingerprint density at radius 3 is 2.60 bits per heavy atom. The number of aromatic nitrogens is 4. The Morgan fingerprint density at radius 1 is 1.15 bits per heavy atom. The SMILES string of the molecule is Cc1nc(Cl)cc(-c2nc(N)sc2-c2ccncc2)n1. The first-order chi connectivity index (χ1) is 9.63. The van der Waals surface area contributed by atoms with Gasteiger partial charge in [-0.2, -0.15) is 0 Å².